The van der Waals surface area contributed by atoms with Gasteiger partial charge >= 0.3 is 6.36 Å². The first-order valence-electron chi connectivity index (χ1n) is 7.79. The fourth-order valence-electron chi connectivity index (χ4n) is 2.67. The van der Waals surface area contributed by atoms with Crippen molar-refractivity contribution in [2.45, 2.75) is 24.1 Å². The molecule has 0 spiro atoms. The Morgan fingerprint density at radius 3 is 2.32 bits per heavy atom. The number of alkyl halides is 3. The zero-order chi connectivity index (χ0) is 18.5. The lowest BCUT2D eigenvalue weighted by molar-refractivity contribution is -0.903. The van der Waals surface area contributed by atoms with Crippen LogP contribution in [0.15, 0.2) is 29.2 Å². The van der Waals surface area contributed by atoms with Crippen LogP contribution in [-0.4, -0.2) is 51.8 Å². The molecular formula is C15H19F3N3O3S+. The van der Waals surface area contributed by atoms with Gasteiger partial charge in [-0.1, -0.05) is 0 Å². The van der Waals surface area contributed by atoms with Crippen molar-refractivity contribution >= 4 is 10.0 Å². The van der Waals surface area contributed by atoms with E-state index in [0.717, 1.165) is 37.2 Å². The molecule has 0 saturated carbocycles. The van der Waals surface area contributed by atoms with Gasteiger partial charge in [0.05, 0.1) is 43.7 Å². The van der Waals surface area contributed by atoms with Gasteiger partial charge in [-0.05, 0) is 24.3 Å². The molecule has 1 aromatic rings. The number of nitrogens with one attached hydrogen (secondary N) is 1. The Bertz CT molecular complexity index is 706. The fraction of sp³-hybridized carbons (Fsp3) is 0.533. The normalized spacial score (nSPS) is 17.2. The minimum Gasteiger partial charge on any atom is -0.406 e. The molecule has 0 aromatic heterocycles. The van der Waals surface area contributed by atoms with E-state index in [9.17, 15) is 21.6 Å². The van der Waals surface area contributed by atoms with Crippen LogP contribution in [0.5, 0.6) is 5.75 Å². The highest BCUT2D eigenvalue weighted by molar-refractivity contribution is 7.89. The number of ether oxygens (including phenoxy) is 1. The second kappa shape index (κ2) is 8.03. The summed E-state index contributed by atoms with van der Waals surface area (Å²) in [6.45, 7) is 2.78. The van der Waals surface area contributed by atoms with Gasteiger partial charge in [-0.3, -0.25) is 0 Å². The first kappa shape index (κ1) is 19.5. The SMILES string of the molecule is N#CCCC[NH+]1CCN(S(=O)(=O)c2ccc(OC(F)(F)F)cc2)CC1. The average Bonchev–Trinajstić information content (AvgIpc) is 2.55. The number of nitriles is 1. The highest BCUT2D eigenvalue weighted by Crippen LogP contribution is 2.25. The van der Waals surface area contributed by atoms with E-state index in [0.29, 0.717) is 32.6 Å². The molecule has 0 unspecified atom stereocenters. The van der Waals surface area contributed by atoms with Gasteiger partial charge in [-0.25, -0.2) is 8.42 Å². The smallest absolute Gasteiger partial charge is 0.406 e. The van der Waals surface area contributed by atoms with Crippen LogP contribution in [-0.2, 0) is 10.0 Å². The summed E-state index contributed by atoms with van der Waals surface area (Å²) in [6.07, 6.45) is -3.55. The van der Waals surface area contributed by atoms with Crippen molar-refractivity contribution in [3.8, 4) is 11.8 Å². The van der Waals surface area contributed by atoms with Crippen molar-refractivity contribution in [2.24, 2.45) is 0 Å². The number of hydrogen-bond donors (Lipinski definition) is 1. The van der Waals surface area contributed by atoms with Crippen LogP contribution in [0, 0.1) is 11.3 Å². The zero-order valence-electron chi connectivity index (χ0n) is 13.4. The van der Waals surface area contributed by atoms with Crippen LogP contribution >= 0.6 is 0 Å². The summed E-state index contributed by atoms with van der Waals surface area (Å²) in [6, 6.07) is 6.29. The van der Waals surface area contributed by atoms with Crippen LogP contribution in [0.2, 0.25) is 0 Å². The molecular weight excluding hydrogens is 359 g/mol. The Morgan fingerprint density at radius 1 is 1.20 bits per heavy atom. The first-order chi connectivity index (χ1) is 11.7. The van der Waals surface area contributed by atoms with E-state index < -0.39 is 22.1 Å². The topological polar surface area (TPSA) is 74.8 Å². The molecule has 1 fully saturated rings. The molecule has 138 valence electrons. The minimum absolute atomic E-state index is 0.0602. The predicted octanol–water partition coefficient (Wildman–Crippen LogP) is 0.778. The third-order valence-corrected chi connectivity index (χ3v) is 5.86. The number of unbranched alkanes of at least 4 members (excludes halogenated alkanes) is 1. The van der Waals surface area contributed by atoms with Crippen molar-refractivity contribution in [2.75, 3.05) is 32.7 Å². The Balaban J connectivity index is 1.97. The molecule has 1 N–H and O–H groups in total. The number of piperazine rings is 1. The van der Waals surface area contributed by atoms with E-state index in [1.165, 1.54) is 9.21 Å². The molecule has 0 atom stereocenters. The number of hydrogen-bond acceptors (Lipinski definition) is 4. The van der Waals surface area contributed by atoms with Gasteiger partial charge in [-0.15, -0.1) is 13.2 Å². The van der Waals surface area contributed by atoms with E-state index in [2.05, 4.69) is 10.8 Å². The minimum atomic E-state index is -4.81. The molecule has 1 saturated heterocycles. The Hall–Kier alpha value is -1.83. The summed E-state index contributed by atoms with van der Waals surface area (Å²) in [7, 11) is -3.74. The number of rotatable bonds is 6. The summed E-state index contributed by atoms with van der Waals surface area (Å²) in [5, 5.41) is 8.53. The van der Waals surface area contributed by atoms with E-state index in [4.69, 9.17) is 5.26 Å². The Labute approximate surface area is 144 Å². The number of halogens is 3. The molecule has 0 amide bonds. The van der Waals surface area contributed by atoms with Crippen molar-refractivity contribution in [1.29, 1.82) is 5.26 Å². The maximum Gasteiger partial charge on any atom is 0.573 e. The Morgan fingerprint density at radius 2 is 1.80 bits per heavy atom. The first-order valence-corrected chi connectivity index (χ1v) is 9.23. The standard InChI is InChI=1S/C15H18F3N3O3S/c16-15(17,18)24-13-3-5-14(6-4-13)25(22,23)21-11-9-20(10-12-21)8-2-1-7-19/h3-6H,1-2,8-12H2/p+1. The van der Waals surface area contributed by atoms with Gasteiger partial charge in [0.15, 0.2) is 0 Å². The van der Waals surface area contributed by atoms with E-state index >= 15 is 0 Å². The molecule has 1 heterocycles. The molecule has 6 nitrogen and oxygen atoms in total. The quantitative estimate of drug-likeness (QED) is 0.743. The van der Waals surface area contributed by atoms with Gasteiger partial charge in [-0.2, -0.15) is 9.57 Å². The van der Waals surface area contributed by atoms with Crippen LogP contribution < -0.4 is 9.64 Å². The molecule has 0 bridgehead atoms. The van der Waals surface area contributed by atoms with Gasteiger partial charge in [0, 0.05) is 12.8 Å². The van der Waals surface area contributed by atoms with Crippen molar-refractivity contribution in [1.82, 2.24) is 4.31 Å². The molecule has 1 aromatic carbocycles. The van der Waals surface area contributed by atoms with Crippen LogP contribution in [0.4, 0.5) is 13.2 Å². The zero-order valence-corrected chi connectivity index (χ0v) is 14.2. The maximum absolute atomic E-state index is 12.6. The van der Waals surface area contributed by atoms with E-state index in [1.807, 2.05) is 0 Å². The largest absolute Gasteiger partial charge is 0.573 e. The third kappa shape index (κ3) is 5.59. The maximum atomic E-state index is 12.6. The Kier molecular flexibility index (Phi) is 6.26. The second-order valence-electron chi connectivity index (χ2n) is 5.68. The molecule has 0 radical (unpaired) electrons. The number of quaternary nitrogens is 1. The summed E-state index contributed by atoms with van der Waals surface area (Å²) in [4.78, 5) is 1.19. The fourth-order valence-corrected chi connectivity index (χ4v) is 4.11. The highest BCUT2D eigenvalue weighted by Gasteiger charge is 2.32. The number of nitrogens with zero attached hydrogens (tertiary/aromatic N) is 2. The molecule has 0 aliphatic carbocycles. The predicted molar refractivity (Wildman–Crippen MR) is 82.3 cm³/mol. The molecule has 25 heavy (non-hydrogen) atoms. The summed E-state index contributed by atoms with van der Waals surface area (Å²) >= 11 is 0. The van der Waals surface area contributed by atoms with Crippen molar-refractivity contribution in [3.05, 3.63) is 24.3 Å². The lowest BCUT2D eigenvalue weighted by Gasteiger charge is -2.31. The monoisotopic (exact) mass is 378 g/mol. The molecule has 10 heteroatoms. The van der Waals surface area contributed by atoms with E-state index in [-0.39, 0.29) is 4.90 Å². The summed E-state index contributed by atoms with van der Waals surface area (Å²) in [5.41, 5.74) is 0. The second-order valence-corrected chi connectivity index (χ2v) is 7.62. The van der Waals surface area contributed by atoms with Gasteiger partial charge in [0.25, 0.3) is 0 Å². The number of benzene rings is 1. The van der Waals surface area contributed by atoms with Gasteiger partial charge in [0.2, 0.25) is 10.0 Å². The van der Waals surface area contributed by atoms with E-state index in [1.54, 1.807) is 0 Å². The lowest BCUT2D eigenvalue weighted by atomic mass is 10.3. The van der Waals surface area contributed by atoms with Crippen molar-refractivity contribution in [3.63, 3.8) is 0 Å². The van der Waals surface area contributed by atoms with Crippen molar-refractivity contribution < 1.29 is 31.2 Å². The van der Waals surface area contributed by atoms with Crippen LogP contribution in [0.25, 0.3) is 0 Å². The van der Waals surface area contributed by atoms with Crippen LogP contribution in [0.3, 0.4) is 0 Å². The molecule has 1 aliphatic rings. The lowest BCUT2D eigenvalue weighted by Crippen LogP contribution is -3.14. The van der Waals surface area contributed by atoms with Gasteiger partial charge in [0.1, 0.15) is 5.75 Å². The van der Waals surface area contributed by atoms with Gasteiger partial charge < -0.3 is 9.64 Å². The highest BCUT2D eigenvalue weighted by atomic mass is 32.2. The number of sulfonamides is 1. The van der Waals surface area contributed by atoms with Crippen LogP contribution in [0.1, 0.15) is 12.8 Å². The molecule has 1 aliphatic heterocycles. The molecule has 2 rings (SSSR count). The average molecular weight is 378 g/mol. The summed E-state index contributed by atoms with van der Waals surface area (Å²) < 4.78 is 66.6. The third-order valence-electron chi connectivity index (χ3n) is 3.94. The summed E-state index contributed by atoms with van der Waals surface area (Å²) in [5.74, 6) is -0.460.